The van der Waals surface area contributed by atoms with Crippen molar-refractivity contribution < 1.29 is 19.4 Å². The second-order valence-electron chi connectivity index (χ2n) is 6.72. The van der Waals surface area contributed by atoms with Crippen molar-refractivity contribution in [1.29, 1.82) is 0 Å². The van der Waals surface area contributed by atoms with Crippen LogP contribution in [0, 0.1) is 5.92 Å². The standard InChI is InChI=1S/C17H29N3O4/c1-2-23-17(22)13-11-18-20-15(24-9-8-21)10-14(19-16(13)20)12-6-4-3-5-7-12/h11-12,14-16,18-19,21H,2-10H2,1H3. The summed E-state index contributed by atoms with van der Waals surface area (Å²) >= 11 is 0. The molecule has 3 atom stereocenters. The molecule has 0 spiro atoms. The van der Waals surface area contributed by atoms with Gasteiger partial charge in [-0.3, -0.25) is 5.32 Å². The first kappa shape index (κ1) is 17.7. The summed E-state index contributed by atoms with van der Waals surface area (Å²) in [5, 5.41) is 14.6. The van der Waals surface area contributed by atoms with E-state index >= 15 is 0 Å². The molecule has 1 aliphatic carbocycles. The van der Waals surface area contributed by atoms with E-state index in [0.717, 1.165) is 6.42 Å². The lowest BCUT2D eigenvalue weighted by Crippen LogP contribution is -2.64. The van der Waals surface area contributed by atoms with E-state index in [1.807, 2.05) is 11.9 Å². The number of nitrogens with one attached hydrogen (secondary N) is 2. The van der Waals surface area contributed by atoms with Gasteiger partial charge >= 0.3 is 5.97 Å². The molecule has 0 amide bonds. The van der Waals surface area contributed by atoms with Gasteiger partial charge in [0.05, 0.1) is 25.4 Å². The van der Waals surface area contributed by atoms with Crippen LogP contribution in [-0.4, -0.2) is 54.3 Å². The number of nitrogens with zero attached hydrogens (tertiary/aromatic N) is 1. The predicted molar refractivity (Wildman–Crippen MR) is 88.4 cm³/mol. The molecule has 2 aliphatic heterocycles. The van der Waals surface area contributed by atoms with E-state index in [-0.39, 0.29) is 25.0 Å². The molecule has 1 saturated carbocycles. The highest BCUT2D eigenvalue weighted by Crippen LogP contribution is 2.34. The molecule has 3 aliphatic rings. The van der Waals surface area contributed by atoms with Crippen molar-refractivity contribution in [1.82, 2.24) is 15.8 Å². The third-order valence-electron chi connectivity index (χ3n) is 5.21. The number of aliphatic hydroxyl groups is 1. The smallest absolute Gasteiger partial charge is 0.338 e. The Hall–Kier alpha value is -1.15. The minimum atomic E-state index is -0.296. The quantitative estimate of drug-likeness (QED) is 0.619. The molecule has 1 saturated heterocycles. The Morgan fingerprint density at radius 1 is 1.38 bits per heavy atom. The van der Waals surface area contributed by atoms with Gasteiger partial charge in [0.2, 0.25) is 0 Å². The van der Waals surface area contributed by atoms with Crippen molar-refractivity contribution in [2.24, 2.45) is 5.92 Å². The molecule has 136 valence electrons. The van der Waals surface area contributed by atoms with Gasteiger partial charge in [0, 0.05) is 18.7 Å². The summed E-state index contributed by atoms with van der Waals surface area (Å²) in [6.45, 7) is 2.46. The fourth-order valence-corrected chi connectivity index (χ4v) is 4.06. The van der Waals surface area contributed by atoms with Crippen molar-refractivity contribution in [2.75, 3.05) is 19.8 Å². The summed E-state index contributed by atoms with van der Waals surface area (Å²) in [7, 11) is 0. The minimum Gasteiger partial charge on any atom is -0.463 e. The average Bonchev–Trinajstić information content (AvgIpc) is 3.04. The highest BCUT2D eigenvalue weighted by atomic mass is 16.5. The number of hydrogen-bond acceptors (Lipinski definition) is 7. The largest absolute Gasteiger partial charge is 0.463 e. The van der Waals surface area contributed by atoms with Gasteiger partial charge in [0.15, 0.2) is 0 Å². The van der Waals surface area contributed by atoms with Gasteiger partial charge in [-0.1, -0.05) is 19.3 Å². The third kappa shape index (κ3) is 3.74. The molecular weight excluding hydrogens is 310 g/mol. The van der Waals surface area contributed by atoms with E-state index in [9.17, 15) is 4.79 Å². The topological polar surface area (TPSA) is 83.1 Å². The minimum absolute atomic E-state index is 0.00527. The molecule has 0 radical (unpaired) electrons. The fourth-order valence-electron chi connectivity index (χ4n) is 4.06. The van der Waals surface area contributed by atoms with Crippen molar-refractivity contribution in [2.45, 2.75) is 63.9 Å². The Balaban J connectivity index is 1.72. The molecular formula is C17H29N3O4. The Kier molecular flexibility index (Phi) is 6.10. The molecule has 3 rings (SSSR count). The highest BCUT2D eigenvalue weighted by molar-refractivity contribution is 5.90. The first-order valence-electron chi connectivity index (χ1n) is 9.14. The van der Waals surface area contributed by atoms with Gasteiger partial charge in [-0.15, -0.1) is 0 Å². The van der Waals surface area contributed by atoms with Gasteiger partial charge < -0.3 is 20.0 Å². The second-order valence-corrected chi connectivity index (χ2v) is 6.72. The van der Waals surface area contributed by atoms with Crippen molar-refractivity contribution in [3.05, 3.63) is 11.8 Å². The SMILES string of the molecule is CCOC(=O)C1=CNN2C(OCCO)CC(C3CCCCC3)NC12. The molecule has 3 unspecified atom stereocenters. The number of hydrazine groups is 1. The number of hydrogen-bond donors (Lipinski definition) is 3. The molecule has 0 aromatic rings. The van der Waals surface area contributed by atoms with E-state index in [1.165, 1.54) is 32.1 Å². The zero-order chi connectivity index (χ0) is 16.9. The monoisotopic (exact) mass is 339 g/mol. The third-order valence-corrected chi connectivity index (χ3v) is 5.21. The van der Waals surface area contributed by atoms with Crippen LogP contribution in [0.4, 0.5) is 0 Å². The second kappa shape index (κ2) is 8.29. The van der Waals surface area contributed by atoms with Crippen LogP contribution < -0.4 is 10.7 Å². The van der Waals surface area contributed by atoms with Gasteiger partial charge in [0.25, 0.3) is 0 Å². The lowest BCUT2D eigenvalue weighted by Gasteiger charge is -2.45. The maximum absolute atomic E-state index is 12.2. The number of ether oxygens (including phenoxy) is 2. The Labute approximate surface area is 143 Å². The fraction of sp³-hybridized carbons (Fsp3) is 0.824. The van der Waals surface area contributed by atoms with Crippen LogP contribution in [0.1, 0.15) is 45.4 Å². The zero-order valence-electron chi connectivity index (χ0n) is 14.4. The van der Waals surface area contributed by atoms with Crippen LogP contribution in [0.3, 0.4) is 0 Å². The normalized spacial score (nSPS) is 31.2. The summed E-state index contributed by atoms with van der Waals surface area (Å²) < 4.78 is 11.0. The zero-order valence-corrected chi connectivity index (χ0v) is 14.4. The lowest BCUT2D eigenvalue weighted by molar-refractivity contribution is -0.145. The molecule has 0 bridgehead atoms. The van der Waals surface area contributed by atoms with Crippen LogP contribution in [0.2, 0.25) is 0 Å². The summed E-state index contributed by atoms with van der Waals surface area (Å²) in [5.41, 5.74) is 3.72. The van der Waals surface area contributed by atoms with E-state index in [0.29, 0.717) is 30.7 Å². The van der Waals surface area contributed by atoms with Crippen molar-refractivity contribution in [3.8, 4) is 0 Å². The predicted octanol–water partition coefficient (Wildman–Crippen LogP) is 0.857. The average molecular weight is 339 g/mol. The number of esters is 1. The summed E-state index contributed by atoms with van der Waals surface area (Å²) in [4.78, 5) is 12.2. The highest BCUT2D eigenvalue weighted by Gasteiger charge is 2.44. The van der Waals surface area contributed by atoms with Crippen molar-refractivity contribution in [3.63, 3.8) is 0 Å². The van der Waals surface area contributed by atoms with Gasteiger partial charge in [0.1, 0.15) is 12.4 Å². The Morgan fingerprint density at radius 2 is 2.17 bits per heavy atom. The molecule has 2 heterocycles. The number of aliphatic hydroxyl groups excluding tert-OH is 1. The maximum atomic E-state index is 12.2. The molecule has 0 aromatic carbocycles. The number of rotatable bonds is 6. The Bertz CT molecular complexity index is 465. The molecule has 2 fully saturated rings. The van der Waals surface area contributed by atoms with Crippen molar-refractivity contribution >= 4 is 5.97 Å². The van der Waals surface area contributed by atoms with Crippen LogP contribution >= 0.6 is 0 Å². The molecule has 3 N–H and O–H groups in total. The van der Waals surface area contributed by atoms with Gasteiger partial charge in [-0.05, 0) is 25.7 Å². The van der Waals surface area contributed by atoms with Crippen LogP contribution in [-0.2, 0) is 14.3 Å². The Morgan fingerprint density at radius 3 is 2.88 bits per heavy atom. The van der Waals surface area contributed by atoms with E-state index in [1.54, 1.807) is 6.20 Å². The first-order valence-corrected chi connectivity index (χ1v) is 9.14. The molecule has 7 nitrogen and oxygen atoms in total. The van der Waals surface area contributed by atoms with E-state index in [2.05, 4.69) is 10.7 Å². The van der Waals surface area contributed by atoms with Gasteiger partial charge in [-0.25, -0.2) is 4.79 Å². The molecule has 7 heteroatoms. The van der Waals surface area contributed by atoms with E-state index < -0.39 is 0 Å². The summed E-state index contributed by atoms with van der Waals surface area (Å²) in [5.74, 6) is 0.320. The van der Waals surface area contributed by atoms with Crippen LogP contribution in [0.5, 0.6) is 0 Å². The van der Waals surface area contributed by atoms with E-state index in [4.69, 9.17) is 14.6 Å². The number of carbonyl (C=O) groups is 1. The number of carbonyl (C=O) groups excluding carboxylic acids is 1. The molecule has 0 aromatic heterocycles. The number of fused-ring (bicyclic) bond motifs is 1. The first-order chi connectivity index (χ1) is 11.7. The lowest BCUT2D eigenvalue weighted by atomic mass is 9.81. The van der Waals surface area contributed by atoms with Gasteiger partial charge in [-0.2, -0.15) is 5.01 Å². The van der Waals surface area contributed by atoms with Crippen LogP contribution in [0.25, 0.3) is 0 Å². The molecule has 24 heavy (non-hydrogen) atoms. The maximum Gasteiger partial charge on any atom is 0.338 e. The van der Waals surface area contributed by atoms with Crippen LogP contribution in [0.15, 0.2) is 11.8 Å². The summed E-state index contributed by atoms with van der Waals surface area (Å²) in [6, 6.07) is 0.313. The summed E-state index contributed by atoms with van der Waals surface area (Å²) in [6.07, 6.45) is 8.46.